The van der Waals surface area contributed by atoms with Gasteiger partial charge in [-0.3, -0.25) is 14.1 Å². The Balaban J connectivity index is 4.92. The Labute approximate surface area is 79.6 Å². The van der Waals surface area contributed by atoms with Crippen molar-refractivity contribution in [3.63, 3.8) is 0 Å². The van der Waals surface area contributed by atoms with Gasteiger partial charge in [0.1, 0.15) is 11.3 Å². The lowest BCUT2D eigenvalue weighted by Crippen LogP contribution is -2.47. The molecule has 0 bridgehead atoms. The number of amides is 1. The first-order valence-corrected chi connectivity index (χ1v) is 4.89. The molecule has 0 saturated heterocycles. The summed E-state index contributed by atoms with van der Waals surface area (Å²) in [6.45, 7) is 0. The zero-order valence-electron chi connectivity index (χ0n) is 6.95. The standard InChI is InChI=1S/C5H10N2O6S/c6-3(8)1-2(14(11,12)13)4(7)5(9)10/h2,4H,1,7H2,(H2,6,8)(H,9,10)(H,11,12,13)/t2?,4-/m0/s1. The Kier molecular flexibility index (Phi) is 3.98. The molecule has 0 aliphatic heterocycles. The predicted molar refractivity (Wildman–Crippen MR) is 44.8 cm³/mol. The molecule has 0 radical (unpaired) electrons. The normalized spacial score (nSPS) is 15.9. The van der Waals surface area contributed by atoms with Crippen LogP contribution < -0.4 is 11.5 Å². The van der Waals surface area contributed by atoms with Crippen molar-refractivity contribution in [2.45, 2.75) is 17.7 Å². The van der Waals surface area contributed by atoms with Crippen LogP contribution in [-0.4, -0.2) is 41.2 Å². The molecule has 8 nitrogen and oxygen atoms in total. The second-order valence-electron chi connectivity index (χ2n) is 2.59. The lowest BCUT2D eigenvalue weighted by atomic mass is 10.1. The first-order valence-electron chi connectivity index (χ1n) is 3.39. The number of carbonyl (C=O) groups excluding carboxylic acids is 1. The Hall–Kier alpha value is -1.19. The van der Waals surface area contributed by atoms with E-state index in [9.17, 15) is 18.0 Å². The summed E-state index contributed by atoms with van der Waals surface area (Å²) < 4.78 is 29.8. The minimum Gasteiger partial charge on any atom is -0.480 e. The average Bonchev–Trinajstić information content (AvgIpc) is 1.96. The van der Waals surface area contributed by atoms with Gasteiger partial charge in [0.15, 0.2) is 0 Å². The molecule has 0 aliphatic carbocycles. The Bertz CT molecular complexity index is 336. The van der Waals surface area contributed by atoms with Crippen LogP contribution in [0.15, 0.2) is 0 Å². The smallest absolute Gasteiger partial charge is 0.321 e. The van der Waals surface area contributed by atoms with Crippen LogP contribution in [-0.2, 0) is 19.7 Å². The van der Waals surface area contributed by atoms with Crippen molar-refractivity contribution in [2.75, 3.05) is 0 Å². The number of aliphatic carboxylic acids is 1. The Morgan fingerprint density at radius 1 is 1.36 bits per heavy atom. The number of carbonyl (C=O) groups is 2. The molecule has 14 heavy (non-hydrogen) atoms. The highest BCUT2D eigenvalue weighted by Gasteiger charge is 2.35. The monoisotopic (exact) mass is 226 g/mol. The number of carboxylic acids is 1. The number of carboxylic acid groups (broad SMARTS) is 1. The van der Waals surface area contributed by atoms with Crippen LogP contribution in [0.2, 0.25) is 0 Å². The quantitative estimate of drug-likeness (QED) is 0.377. The second kappa shape index (κ2) is 4.35. The van der Waals surface area contributed by atoms with Crippen LogP contribution in [0.3, 0.4) is 0 Å². The molecule has 6 N–H and O–H groups in total. The molecular formula is C5H10N2O6S. The summed E-state index contributed by atoms with van der Waals surface area (Å²) >= 11 is 0. The van der Waals surface area contributed by atoms with Crippen molar-refractivity contribution >= 4 is 22.0 Å². The van der Waals surface area contributed by atoms with Gasteiger partial charge in [-0.25, -0.2) is 0 Å². The highest BCUT2D eigenvalue weighted by molar-refractivity contribution is 7.86. The van der Waals surface area contributed by atoms with Gasteiger partial charge in [-0.05, 0) is 0 Å². The maximum atomic E-state index is 10.6. The lowest BCUT2D eigenvalue weighted by Gasteiger charge is -2.15. The molecule has 0 aromatic heterocycles. The van der Waals surface area contributed by atoms with Gasteiger partial charge in [-0.15, -0.1) is 0 Å². The molecule has 1 unspecified atom stereocenters. The van der Waals surface area contributed by atoms with E-state index in [0.29, 0.717) is 0 Å². The first kappa shape index (κ1) is 12.8. The summed E-state index contributed by atoms with van der Waals surface area (Å²) in [6.07, 6.45) is -0.841. The number of hydrogen-bond donors (Lipinski definition) is 4. The molecule has 0 heterocycles. The highest BCUT2D eigenvalue weighted by atomic mass is 32.2. The molecule has 0 aromatic rings. The molecular weight excluding hydrogens is 216 g/mol. The highest BCUT2D eigenvalue weighted by Crippen LogP contribution is 2.08. The van der Waals surface area contributed by atoms with Crippen molar-refractivity contribution in [1.82, 2.24) is 0 Å². The van der Waals surface area contributed by atoms with Crippen molar-refractivity contribution in [1.29, 1.82) is 0 Å². The molecule has 0 aromatic carbocycles. The molecule has 82 valence electrons. The first-order chi connectivity index (χ1) is 6.16. The maximum absolute atomic E-state index is 10.6. The van der Waals surface area contributed by atoms with E-state index in [0.717, 1.165) is 0 Å². The summed E-state index contributed by atoms with van der Waals surface area (Å²) in [5, 5.41) is 6.46. The van der Waals surface area contributed by atoms with E-state index < -0.39 is 39.7 Å². The summed E-state index contributed by atoms with van der Waals surface area (Å²) in [6, 6.07) is -1.89. The van der Waals surface area contributed by atoms with Gasteiger partial charge in [0.2, 0.25) is 5.91 Å². The maximum Gasteiger partial charge on any atom is 0.321 e. The van der Waals surface area contributed by atoms with Crippen LogP contribution in [0.4, 0.5) is 0 Å². The van der Waals surface area contributed by atoms with Gasteiger partial charge in [-0.1, -0.05) is 0 Å². The van der Waals surface area contributed by atoms with Crippen molar-refractivity contribution in [3.05, 3.63) is 0 Å². The third-order valence-electron chi connectivity index (χ3n) is 1.47. The van der Waals surface area contributed by atoms with E-state index in [1.165, 1.54) is 0 Å². The molecule has 1 amide bonds. The van der Waals surface area contributed by atoms with Gasteiger partial charge < -0.3 is 16.6 Å². The summed E-state index contributed by atoms with van der Waals surface area (Å²) in [7, 11) is -4.71. The fourth-order valence-corrected chi connectivity index (χ4v) is 1.64. The predicted octanol–water partition coefficient (Wildman–Crippen LogP) is -2.47. The second-order valence-corrected chi connectivity index (χ2v) is 4.22. The van der Waals surface area contributed by atoms with Crippen LogP contribution in [0, 0.1) is 0 Å². The Morgan fingerprint density at radius 2 is 1.79 bits per heavy atom. The molecule has 2 atom stereocenters. The summed E-state index contributed by atoms with van der Waals surface area (Å²) in [5.41, 5.74) is 9.61. The average molecular weight is 226 g/mol. The van der Waals surface area contributed by atoms with E-state index in [1.54, 1.807) is 0 Å². The van der Waals surface area contributed by atoms with Gasteiger partial charge in [0, 0.05) is 6.42 Å². The van der Waals surface area contributed by atoms with Gasteiger partial charge in [0.25, 0.3) is 10.1 Å². The van der Waals surface area contributed by atoms with Crippen LogP contribution in [0.1, 0.15) is 6.42 Å². The number of hydrogen-bond acceptors (Lipinski definition) is 5. The molecule has 9 heteroatoms. The molecule has 0 fully saturated rings. The third kappa shape index (κ3) is 3.68. The van der Waals surface area contributed by atoms with Crippen LogP contribution in [0.25, 0.3) is 0 Å². The molecule has 0 spiro atoms. The number of rotatable bonds is 5. The molecule has 0 saturated carbocycles. The minimum atomic E-state index is -4.71. The fraction of sp³-hybridized carbons (Fsp3) is 0.600. The summed E-state index contributed by atoms with van der Waals surface area (Å²) in [4.78, 5) is 20.7. The largest absolute Gasteiger partial charge is 0.480 e. The molecule has 0 rings (SSSR count). The zero-order valence-corrected chi connectivity index (χ0v) is 7.77. The van der Waals surface area contributed by atoms with Crippen molar-refractivity contribution in [3.8, 4) is 0 Å². The van der Waals surface area contributed by atoms with E-state index in [2.05, 4.69) is 5.73 Å². The van der Waals surface area contributed by atoms with Crippen molar-refractivity contribution < 1.29 is 27.7 Å². The topological polar surface area (TPSA) is 161 Å². The lowest BCUT2D eigenvalue weighted by molar-refractivity contribution is -0.138. The number of primary amides is 1. The minimum absolute atomic E-state index is 0.841. The van der Waals surface area contributed by atoms with E-state index in [1.807, 2.05) is 0 Å². The van der Waals surface area contributed by atoms with Gasteiger partial charge in [0.05, 0.1) is 0 Å². The summed E-state index contributed by atoms with van der Waals surface area (Å²) in [5.74, 6) is -2.71. The van der Waals surface area contributed by atoms with Crippen LogP contribution >= 0.6 is 0 Å². The van der Waals surface area contributed by atoms with Crippen molar-refractivity contribution in [2.24, 2.45) is 11.5 Å². The SMILES string of the molecule is NC(=O)CC([C@H](N)C(=O)O)S(=O)(=O)O. The van der Waals surface area contributed by atoms with Gasteiger partial charge >= 0.3 is 5.97 Å². The zero-order chi connectivity index (χ0) is 11.5. The Morgan fingerprint density at radius 3 is 2.00 bits per heavy atom. The third-order valence-corrected chi connectivity index (χ3v) is 2.70. The van der Waals surface area contributed by atoms with E-state index in [-0.39, 0.29) is 0 Å². The van der Waals surface area contributed by atoms with Gasteiger partial charge in [-0.2, -0.15) is 8.42 Å². The molecule has 0 aliphatic rings. The fourth-order valence-electron chi connectivity index (χ4n) is 0.775. The number of nitrogens with two attached hydrogens (primary N) is 2. The van der Waals surface area contributed by atoms with E-state index in [4.69, 9.17) is 15.4 Å². The van der Waals surface area contributed by atoms with E-state index >= 15 is 0 Å². The van der Waals surface area contributed by atoms with Crippen LogP contribution in [0.5, 0.6) is 0 Å².